The van der Waals surface area contributed by atoms with Crippen molar-refractivity contribution < 1.29 is 128 Å². The summed E-state index contributed by atoms with van der Waals surface area (Å²) in [5.41, 5.74) is 0.384. The molecule has 504 valence electrons. The topological polar surface area (TPSA) is 506 Å². The normalized spacial score (nSPS) is 37.3. The van der Waals surface area contributed by atoms with E-state index >= 15 is 0 Å². The van der Waals surface area contributed by atoms with Gasteiger partial charge in [0.25, 0.3) is 0 Å². The molecule has 88 heavy (non-hydrogen) atoms. The summed E-state index contributed by atoms with van der Waals surface area (Å²) in [6, 6.07) is -2.76. The monoisotopic (exact) mass is 1290 g/mol. The van der Waals surface area contributed by atoms with Crippen LogP contribution in [0.2, 0.25) is 0 Å². The van der Waals surface area contributed by atoms with Crippen LogP contribution in [0.1, 0.15) is 58.6 Å². The maximum atomic E-state index is 12.3. The Balaban J connectivity index is 0.877. The number of urea groups is 1. The predicted molar refractivity (Wildman–Crippen MR) is 296 cm³/mol. The second-order valence-corrected chi connectivity index (χ2v) is 23.8. The fraction of sp³-hybridized carbons (Fsp3) is 0.885. The number of carbonyl (C=O) groups excluding carboxylic acids is 4. The van der Waals surface area contributed by atoms with Crippen molar-refractivity contribution in [1.82, 2.24) is 46.9 Å². The molecule has 0 aromatic carbocycles. The number of hydrogen-bond donors (Lipinski definition) is 18. The zero-order valence-corrected chi connectivity index (χ0v) is 49.9. The van der Waals surface area contributed by atoms with Crippen LogP contribution in [-0.4, -0.2) is 324 Å². The molecule has 36 heteroatoms. The maximum absolute atomic E-state index is 12.3. The summed E-state index contributed by atoms with van der Waals surface area (Å²) in [7, 11) is 0. The van der Waals surface area contributed by atoms with Crippen LogP contribution in [-0.2, 0) is 74.8 Å². The Morgan fingerprint density at radius 3 is 2.10 bits per heavy atom. The van der Waals surface area contributed by atoms with E-state index in [-0.39, 0.29) is 43.8 Å². The highest BCUT2D eigenvalue weighted by molar-refractivity contribution is 8.00. The highest BCUT2D eigenvalue weighted by atomic mass is 32.2. The third-order valence-electron chi connectivity index (χ3n) is 15.8. The summed E-state index contributed by atoms with van der Waals surface area (Å²) in [4.78, 5) is 48.4. The van der Waals surface area contributed by atoms with Crippen molar-refractivity contribution in [2.75, 3.05) is 78.4 Å². The van der Waals surface area contributed by atoms with E-state index in [4.69, 9.17) is 47.4 Å². The van der Waals surface area contributed by atoms with Crippen molar-refractivity contribution in [2.24, 2.45) is 0 Å². The summed E-state index contributed by atoms with van der Waals surface area (Å²) in [5, 5.41) is 156. The minimum atomic E-state index is -2.18. The number of fused-ring (bicyclic) bond motifs is 1. The van der Waals surface area contributed by atoms with Crippen LogP contribution in [0.15, 0.2) is 6.20 Å². The van der Waals surface area contributed by atoms with Gasteiger partial charge in [-0.2, -0.15) is 11.8 Å². The van der Waals surface area contributed by atoms with E-state index in [0.717, 1.165) is 38.9 Å². The molecular weight excluding hydrogens is 1200 g/mol. The molecular formula is C52H89N9O26S. The van der Waals surface area contributed by atoms with Crippen LogP contribution >= 0.6 is 11.8 Å². The SMILES string of the molecule is CC(=O)NC1[C@H](O[C@H]2C(CO)O[C@@H](O[C@@H]3C(CO)O[C@@H](NCc4cn(CCOCCOCCOCCNC(=O)CCCC[C@H]5SC[C@H]6NC(=O)N[C@H]65)nn4)C(O)[C@H]3O)C(O)[C@H]2O[C@]2(C)CC(O)[C@@H](NC(C)=O)C(C(O)[C@H](O)CO)O2)OC(CO)[C@H](O)[C@@H]1O. The Morgan fingerprint density at radius 1 is 0.773 bits per heavy atom. The van der Waals surface area contributed by atoms with Gasteiger partial charge in [0.2, 0.25) is 17.7 Å². The number of nitrogens with zero attached hydrogens (tertiary/aromatic N) is 3. The van der Waals surface area contributed by atoms with Gasteiger partial charge in [-0.3, -0.25) is 19.7 Å². The van der Waals surface area contributed by atoms with Crippen LogP contribution in [0.4, 0.5) is 4.79 Å². The third kappa shape index (κ3) is 19.2. The number of nitrogens with one attached hydrogen (secondary N) is 6. The van der Waals surface area contributed by atoms with Gasteiger partial charge in [-0.25, -0.2) is 9.48 Å². The second kappa shape index (κ2) is 34.2. The highest BCUT2D eigenvalue weighted by Crippen LogP contribution is 2.40. The van der Waals surface area contributed by atoms with E-state index in [0.29, 0.717) is 56.9 Å². The van der Waals surface area contributed by atoms with Crippen LogP contribution in [0, 0.1) is 0 Å². The number of rotatable bonds is 34. The average Bonchev–Trinajstić information content (AvgIpc) is 2.64. The number of amides is 5. The maximum Gasteiger partial charge on any atom is 0.315 e. The molecule has 0 radical (unpaired) electrons. The Morgan fingerprint density at radius 2 is 1.42 bits per heavy atom. The Bertz CT molecular complexity index is 2330. The van der Waals surface area contributed by atoms with Gasteiger partial charge >= 0.3 is 6.03 Å². The molecule has 7 rings (SSSR count). The van der Waals surface area contributed by atoms with Crippen molar-refractivity contribution in [3.63, 3.8) is 0 Å². The van der Waals surface area contributed by atoms with Gasteiger partial charge in [0.05, 0.1) is 103 Å². The lowest BCUT2D eigenvalue weighted by molar-refractivity contribution is -0.400. The van der Waals surface area contributed by atoms with E-state index < -0.39 is 173 Å². The van der Waals surface area contributed by atoms with Gasteiger partial charge in [-0.15, -0.1) is 5.10 Å². The largest absolute Gasteiger partial charge is 0.394 e. The van der Waals surface area contributed by atoms with E-state index in [9.17, 15) is 80.5 Å². The van der Waals surface area contributed by atoms with Gasteiger partial charge in [-0.05, 0) is 19.8 Å². The molecule has 6 aliphatic rings. The van der Waals surface area contributed by atoms with E-state index in [1.807, 2.05) is 11.8 Å². The second-order valence-electron chi connectivity index (χ2n) is 22.6. The molecule has 7 heterocycles. The first-order chi connectivity index (χ1) is 42.1. The third-order valence-corrected chi connectivity index (χ3v) is 17.3. The van der Waals surface area contributed by atoms with Crippen LogP contribution in [0.5, 0.6) is 0 Å². The molecule has 0 saturated carbocycles. The fourth-order valence-corrected chi connectivity index (χ4v) is 12.9. The van der Waals surface area contributed by atoms with Crippen molar-refractivity contribution >= 4 is 35.5 Å². The van der Waals surface area contributed by atoms with E-state index in [1.165, 1.54) is 11.6 Å². The zero-order valence-electron chi connectivity index (χ0n) is 49.1. The molecule has 0 spiro atoms. The molecule has 35 nitrogen and oxygen atoms in total. The molecule has 18 N–H and O–H groups in total. The molecule has 9 unspecified atom stereocenters. The molecule has 6 aliphatic heterocycles. The summed E-state index contributed by atoms with van der Waals surface area (Å²) in [6.07, 6.45) is -27.9. The number of aliphatic hydroxyl groups excluding tert-OH is 12. The van der Waals surface area contributed by atoms with E-state index in [1.54, 1.807) is 6.20 Å². The Kier molecular flexibility index (Phi) is 27.9. The fourth-order valence-electron chi connectivity index (χ4n) is 11.4. The molecule has 1 aromatic heterocycles. The zero-order chi connectivity index (χ0) is 63.8. The highest BCUT2D eigenvalue weighted by Gasteiger charge is 2.58. The van der Waals surface area contributed by atoms with Crippen LogP contribution < -0.4 is 31.9 Å². The quantitative estimate of drug-likeness (QED) is 0.0225. The molecule has 24 atom stereocenters. The molecule has 1 aromatic rings. The number of unbranched alkanes of at least 4 members (excludes halogenated alkanes) is 1. The molecule has 5 amide bonds. The first kappa shape index (κ1) is 71.7. The molecule has 0 bridgehead atoms. The average molecular weight is 1290 g/mol. The summed E-state index contributed by atoms with van der Waals surface area (Å²) < 4.78 is 60.9. The van der Waals surface area contributed by atoms with Gasteiger partial charge in [0.15, 0.2) is 18.4 Å². The van der Waals surface area contributed by atoms with Gasteiger partial charge < -0.3 is 135 Å². The minimum absolute atomic E-state index is 0.0326. The number of aliphatic hydroxyl groups is 12. The smallest absolute Gasteiger partial charge is 0.315 e. The van der Waals surface area contributed by atoms with Crippen LogP contribution in [0.25, 0.3) is 0 Å². The van der Waals surface area contributed by atoms with Crippen molar-refractivity contribution in [3.8, 4) is 0 Å². The summed E-state index contributed by atoms with van der Waals surface area (Å²) in [5.74, 6) is -2.72. The summed E-state index contributed by atoms with van der Waals surface area (Å²) >= 11 is 1.86. The van der Waals surface area contributed by atoms with Crippen molar-refractivity contribution in [3.05, 3.63) is 11.9 Å². The van der Waals surface area contributed by atoms with Gasteiger partial charge in [0.1, 0.15) is 97.7 Å². The number of hydrogen-bond acceptors (Lipinski definition) is 30. The summed E-state index contributed by atoms with van der Waals surface area (Å²) in [6.45, 7) is 2.19. The molecule has 0 aliphatic carbocycles. The van der Waals surface area contributed by atoms with Crippen LogP contribution in [0.3, 0.4) is 0 Å². The number of carbonyl (C=O) groups is 4. The number of thioether (sulfide) groups is 1. The first-order valence-electron chi connectivity index (χ1n) is 29.4. The first-order valence-corrected chi connectivity index (χ1v) is 30.5. The predicted octanol–water partition coefficient (Wildman–Crippen LogP) is -9.04. The minimum Gasteiger partial charge on any atom is -0.394 e. The van der Waals surface area contributed by atoms with Crippen molar-refractivity contribution in [1.29, 1.82) is 0 Å². The lowest BCUT2D eigenvalue weighted by atomic mass is 9.88. The Hall–Kier alpha value is -3.75. The lowest BCUT2D eigenvalue weighted by Gasteiger charge is -2.53. The number of aromatic nitrogens is 3. The van der Waals surface area contributed by atoms with Gasteiger partial charge in [0, 0.05) is 57.0 Å². The lowest BCUT2D eigenvalue weighted by Crippen LogP contribution is -2.70. The Labute approximate surface area is 510 Å². The van der Waals surface area contributed by atoms with Crippen molar-refractivity contribution in [2.45, 2.75) is 212 Å². The van der Waals surface area contributed by atoms with E-state index in [2.05, 4.69) is 42.2 Å². The standard InChI is InChI=1S/C52H89N9O26S/c1-24(66)55-36-28(68)16-52(3,86-46(36)38(71)29(69)19-62)87-47-43(76)50(83-32(22-65)45(47)85-49-37(56-25(2)67)40(73)39(72)30(20-63)82-49)84-44-31(21-64)81-48(42(75)41(44)74)54-17-26-18-61(60-59-26)9-11-79-13-15-80-14-12-78-10-8-53-34(70)7-5-4-6-33-35-27(23-88-33)57-51(77)58-35/h18,27-33,35-50,54,62-65,68-69,71-76H,4-17,19-23H2,1-3H3,(H,53,70)(H,55,66)(H,56,67)(H2,57,58,77)/t27-,28?,29-,30?,31?,32?,33-,35-,36-,37?,38?,39+,40-,41-,42?,43?,44-,45+,46?,47-,48-,49+,50+,52-/m1/s1. The molecule has 6 saturated heterocycles. The van der Waals surface area contributed by atoms with Gasteiger partial charge in [-0.1, -0.05) is 11.6 Å². The molecule has 6 fully saturated rings. The number of ether oxygens (including phenoxy) is 10.